The van der Waals surface area contributed by atoms with Gasteiger partial charge in [-0.2, -0.15) is 5.10 Å². The Hall–Kier alpha value is -2.70. The van der Waals surface area contributed by atoms with Crippen molar-refractivity contribution in [2.24, 2.45) is 0 Å². The zero-order chi connectivity index (χ0) is 18.1. The van der Waals surface area contributed by atoms with E-state index in [0.29, 0.717) is 23.9 Å². The fraction of sp³-hybridized carbons (Fsp3) is 0.158. The molecule has 132 valence electrons. The summed E-state index contributed by atoms with van der Waals surface area (Å²) in [6.45, 7) is 0.859. The maximum atomic E-state index is 13.2. The molecule has 1 N–H and O–H groups in total. The number of rotatable bonds is 3. The van der Waals surface area contributed by atoms with Gasteiger partial charge in [-0.25, -0.2) is 4.39 Å². The van der Waals surface area contributed by atoms with E-state index in [2.05, 4.69) is 10.4 Å². The van der Waals surface area contributed by atoms with Crippen molar-refractivity contribution in [3.05, 3.63) is 82.4 Å². The van der Waals surface area contributed by atoms with E-state index in [1.54, 1.807) is 16.8 Å². The second-order valence-electron chi connectivity index (χ2n) is 6.02. The van der Waals surface area contributed by atoms with Gasteiger partial charge in [0, 0.05) is 10.7 Å². The normalized spacial score (nSPS) is 16.2. The predicted octanol–water partition coefficient (Wildman–Crippen LogP) is 4.20. The molecule has 0 spiro atoms. The van der Waals surface area contributed by atoms with Gasteiger partial charge in [-0.05, 0) is 42.0 Å². The van der Waals surface area contributed by atoms with E-state index < -0.39 is 5.82 Å². The van der Waals surface area contributed by atoms with E-state index in [1.165, 1.54) is 18.2 Å². The van der Waals surface area contributed by atoms with E-state index >= 15 is 0 Å². The molecule has 1 amide bonds. The van der Waals surface area contributed by atoms with Crippen LogP contribution in [-0.4, -0.2) is 15.7 Å². The van der Waals surface area contributed by atoms with E-state index in [0.717, 1.165) is 11.3 Å². The summed E-state index contributed by atoms with van der Waals surface area (Å²) in [5.41, 5.74) is 2.47. The fourth-order valence-electron chi connectivity index (χ4n) is 2.88. The molecular weight excluding hydrogens is 357 g/mol. The van der Waals surface area contributed by atoms with Crippen LogP contribution in [0.2, 0.25) is 5.02 Å². The van der Waals surface area contributed by atoms with Crippen LogP contribution in [0.15, 0.2) is 54.6 Å². The Morgan fingerprint density at radius 3 is 2.81 bits per heavy atom. The van der Waals surface area contributed by atoms with Crippen molar-refractivity contribution in [3.63, 3.8) is 0 Å². The Morgan fingerprint density at radius 1 is 1.23 bits per heavy atom. The number of amides is 1. The average Bonchev–Trinajstić information content (AvgIpc) is 3.06. The predicted molar refractivity (Wildman–Crippen MR) is 95.6 cm³/mol. The van der Waals surface area contributed by atoms with Gasteiger partial charge in [-0.15, -0.1) is 0 Å². The van der Waals surface area contributed by atoms with Gasteiger partial charge in [-0.1, -0.05) is 29.8 Å². The first-order chi connectivity index (χ1) is 12.6. The van der Waals surface area contributed by atoms with E-state index in [-0.39, 0.29) is 17.7 Å². The molecular formula is C19H15ClFN3O2. The molecule has 7 heteroatoms. The van der Waals surface area contributed by atoms with Gasteiger partial charge >= 0.3 is 0 Å². The Kier molecular flexibility index (Phi) is 4.44. The molecule has 0 unspecified atom stereocenters. The van der Waals surface area contributed by atoms with Gasteiger partial charge < -0.3 is 10.1 Å². The van der Waals surface area contributed by atoms with Crippen molar-refractivity contribution in [1.29, 1.82) is 0 Å². The number of nitrogens with one attached hydrogen (secondary N) is 1. The molecule has 0 saturated carbocycles. The first kappa shape index (κ1) is 16.8. The second kappa shape index (κ2) is 6.90. The molecule has 1 atom stereocenters. The number of ether oxygens (including phenoxy) is 1. The van der Waals surface area contributed by atoms with Crippen molar-refractivity contribution in [2.45, 2.75) is 19.3 Å². The quantitative estimate of drug-likeness (QED) is 0.750. The number of anilines is 1. The third kappa shape index (κ3) is 3.47. The summed E-state index contributed by atoms with van der Waals surface area (Å²) in [4.78, 5) is 12.4. The summed E-state index contributed by atoms with van der Waals surface area (Å²) in [5.74, 6) is -0.799. The number of nitrogens with zero attached hydrogens (tertiary/aromatic N) is 2. The highest BCUT2D eigenvalue weighted by atomic mass is 35.5. The zero-order valence-corrected chi connectivity index (χ0v) is 14.4. The van der Waals surface area contributed by atoms with Gasteiger partial charge in [0.2, 0.25) is 0 Å². The molecule has 0 aliphatic carbocycles. The minimum atomic E-state index is -0.411. The van der Waals surface area contributed by atoms with Crippen LogP contribution >= 0.6 is 11.6 Å². The summed E-state index contributed by atoms with van der Waals surface area (Å²) < 4.78 is 20.9. The van der Waals surface area contributed by atoms with Crippen molar-refractivity contribution in [1.82, 2.24) is 9.78 Å². The number of aromatic nitrogens is 2. The highest BCUT2D eigenvalue weighted by molar-refractivity contribution is 6.30. The van der Waals surface area contributed by atoms with Gasteiger partial charge in [0.25, 0.3) is 5.91 Å². The minimum absolute atomic E-state index is 0.154. The Bertz CT molecular complexity index is 956. The van der Waals surface area contributed by atoms with Gasteiger partial charge in [0.1, 0.15) is 11.9 Å². The van der Waals surface area contributed by atoms with Crippen LogP contribution in [0.25, 0.3) is 0 Å². The van der Waals surface area contributed by atoms with Crippen molar-refractivity contribution in [3.8, 4) is 0 Å². The molecule has 1 aliphatic rings. The first-order valence-electron chi connectivity index (χ1n) is 8.09. The van der Waals surface area contributed by atoms with Crippen LogP contribution < -0.4 is 5.32 Å². The number of carbonyl (C=O) groups is 1. The minimum Gasteiger partial charge on any atom is -0.365 e. The van der Waals surface area contributed by atoms with Gasteiger partial charge in [-0.3, -0.25) is 9.48 Å². The van der Waals surface area contributed by atoms with Crippen LogP contribution in [0.1, 0.15) is 27.8 Å². The van der Waals surface area contributed by atoms with Crippen LogP contribution in [0, 0.1) is 5.82 Å². The number of benzene rings is 2. The third-order valence-electron chi connectivity index (χ3n) is 4.19. The topological polar surface area (TPSA) is 56.2 Å². The molecule has 0 saturated heterocycles. The lowest BCUT2D eigenvalue weighted by atomic mass is 10.1. The smallest absolute Gasteiger partial charge is 0.276 e. The Morgan fingerprint density at radius 2 is 2.04 bits per heavy atom. The summed E-state index contributed by atoms with van der Waals surface area (Å²) in [6, 6.07) is 14.9. The van der Waals surface area contributed by atoms with Crippen LogP contribution in [0.5, 0.6) is 0 Å². The summed E-state index contributed by atoms with van der Waals surface area (Å²) in [7, 11) is 0. The van der Waals surface area contributed by atoms with E-state index in [9.17, 15) is 9.18 Å². The van der Waals surface area contributed by atoms with E-state index in [1.807, 2.05) is 24.3 Å². The average molecular weight is 372 g/mol. The molecule has 1 aromatic heterocycles. The van der Waals surface area contributed by atoms with E-state index in [4.69, 9.17) is 16.3 Å². The monoisotopic (exact) mass is 371 g/mol. The number of hydrogen-bond acceptors (Lipinski definition) is 3. The van der Waals surface area contributed by atoms with Crippen molar-refractivity contribution < 1.29 is 13.9 Å². The van der Waals surface area contributed by atoms with Gasteiger partial charge in [0.05, 0.1) is 18.8 Å². The summed E-state index contributed by atoms with van der Waals surface area (Å²) in [5, 5.41) is 7.68. The SMILES string of the molecule is O=C(Nc1cccc(F)c1)c1cc2n(n1)C[C@@H](c1ccc(Cl)cc1)OC2. The molecule has 26 heavy (non-hydrogen) atoms. The molecule has 2 heterocycles. The fourth-order valence-corrected chi connectivity index (χ4v) is 3.00. The van der Waals surface area contributed by atoms with Crippen LogP contribution in [-0.2, 0) is 17.9 Å². The zero-order valence-electron chi connectivity index (χ0n) is 13.7. The number of carbonyl (C=O) groups excluding carboxylic acids is 1. The van der Waals surface area contributed by atoms with Gasteiger partial charge in [0.15, 0.2) is 5.69 Å². The maximum Gasteiger partial charge on any atom is 0.276 e. The number of fused-ring (bicyclic) bond motifs is 1. The highest BCUT2D eigenvalue weighted by Gasteiger charge is 2.24. The lowest BCUT2D eigenvalue weighted by molar-refractivity contribution is -0.00118. The molecule has 0 radical (unpaired) electrons. The van der Waals surface area contributed by atoms with Crippen LogP contribution in [0.3, 0.4) is 0 Å². The molecule has 3 aromatic rings. The highest BCUT2D eigenvalue weighted by Crippen LogP contribution is 2.27. The Balaban J connectivity index is 1.50. The molecule has 5 nitrogen and oxygen atoms in total. The summed E-state index contributed by atoms with van der Waals surface area (Å²) in [6.07, 6.45) is -0.154. The summed E-state index contributed by atoms with van der Waals surface area (Å²) >= 11 is 5.92. The standard InChI is InChI=1S/C19H15ClFN3O2/c20-13-6-4-12(5-7-13)18-10-24-16(11-26-18)9-17(23-24)19(25)22-15-3-1-2-14(21)8-15/h1-9,18H,10-11H2,(H,22,25)/t18-/m0/s1. The number of halogens is 2. The van der Waals surface area contributed by atoms with Crippen LogP contribution in [0.4, 0.5) is 10.1 Å². The number of hydrogen-bond donors (Lipinski definition) is 1. The molecule has 1 aliphatic heterocycles. The second-order valence-corrected chi connectivity index (χ2v) is 6.46. The Labute approximate surface area is 154 Å². The van der Waals surface area contributed by atoms with Crippen molar-refractivity contribution in [2.75, 3.05) is 5.32 Å². The molecule has 0 fully saturated rings. The molecule has 0 bridgehead atoms. The first-order valence-corrected chi connectivity index (χ1v) is 8.47. The third-order valence-corrected chi connectivity index (χ3v) is 4.44. The lowest BCUT2D eigenvalue weighted by Gasteiger charge is -2.24. The molecule has 2 aromatic carbocycles. The lowest BCUT2D eigenvalue weighted by Crippen LogP contribution is -2.22. The van der Waals surface area contributed by atoms with Crippen molar-refractivity contribution >= 4 is 23.2 Å². The largest absolute Gasteiger partial charge is 0.365 e. The maximum absolute atomic E-state index is 13.2. The molecule has 4 rings (SSSR count).